The van der Waals surface area contributed by atoms with Crippen LogP contribution in [0.5, 0.6) is 5.75 Å². The van der Waals surface area contributed by atoms with Crippen LogP contribution in [0.3, 0.4) is 0 Å². The fourth-order valence-corrected chi connectivity index (χ4v) is 3.20. The van der Waals surface area contributed by atoms with Crippen molar-refractivity contribution in [1.82, 2.24) is 20.0 Å². The van der Waals surface area contributed by atoms with Gasteiger partial charge in [0.15, 0.2) is 5.96 Å². The van der Waals surface area contributed by atoms with Crippen molar-refractivity contribution in [2.75, 3.05) is 37.6 Å². The first-order valence-corrected chi connectivity index (χ1v) is 10.0. The molecule has 1 unspecified atom stereocenters. The van der Waals surface area contributed by atoms with E-state index in [1.807, 2.05) is 56.3 Å². The van der Waals surface area contributed by atoms with Crippen molar-refractivity contribution < 1.29 is 9.53 Å². The minimum atomic E-state index is -0.0706. The molecule has 1 amide bonds. The third-order valence-electron chi connectivity index (χ3n) is 4.71. The molecule has 3 rings (SSSR count). The van der Waals surface area contributed by atoms with Crippen LogP contribution in [0.25, 0.3) is 0 Å². The fraction of sp³-hybridized carbons (Fsp3) is 0.476. The number of aromatic nitrogens is 2. The summed E-state index contributed by atoms with van der Waals surface area (Å²) in [5.41, 5.74) is 2.03. The number of nitrogens with zero attached hydrogens (tertiary/aromatic N) is 5. The maximum absolute atomic E-state index is 12.7. The molecule has 1 N–H and O–H groups in total. The molecule has 8 nitrogen and oxygen atoms in total. The molecule has 0 radical (unpaired) electrons. The number of nitrogens with one attached hydrogen (secondary N) is 1. The van der Waals surface area contributed by atoms with Crippen LogP contribution in [-0.4, -0.2) is 65.4 Å². The number of aliphatic imine (C=N–C) groups is 1. The maximum atomic E-state index is 12.7. The molecule has 1 fully saturated rings. The number of benzene rings is 1. The Morgan fingerprint density at radius 2 is 2.07 bits per heavy atom. The van der Waals surface area contributed by atoms with Crippen molar-refractivity contribution in [3.05, 3.63) is 42.2 Å². The number of hydrogen-bond acceptors (Lipinski definition) is 4. The van der Waals surface area contributed by atoms with Gasteiger partial charge < -0.3 is 19.9 Å². The molecule has 156 valence electrons. The normalized spacial score (nSPS) is 16.1. The molecular weight excluding hydrogens is 368 g/mol. The van der Waals surface area contributed by atoms with E-state index in [0.717, 1.165) is 23.9 Å². The lowest BCUT2D eigenvalue weighted by molar-refractivity contribution is -0.120. The lowest BCUT2D eigenvalue weighted by Crippen LogP contribution is -2.55. The molecule has 8 heteroatoms. The van der Waals surface area contributed by atoms with Crippen LogP contribution < -0.4 is 15.0 Å². The van der Waals surface area contributed by atoms with Crippen molar-refractivity contribution in [2.45, 2.75) is 26.9 Å². The highest BCUT2D eigenvalue weighted by atomic mass is 16.5. The van der Waals surface area contributed by atoms with Gasteiger partial charge in [0.05, 0.1) is 18.4 Å². The van der Waals surface area contributed by atoms with E-state index >= 15 is 0 Å². The lowest BCUT2D eigenvalue weighted by Gasteiger charge is -2.35. The van der Waals surface area contributed by atoms with Gasteiger partial charge >= 0.3 is 0 Å². The van der Waals surface area contributed by atoms with Gasteiger partial charge in [0, 0.05) is 32.9 Å². The molecule has 0 bridgehead atoms. The van der Waals surface area contributed by atoms with E-state index in [2.05, 4.69) is 17.3 Å². The van der Waals surface area contributed by atoms with Crippen LogP contribution in [0.15, 0.2) is 41.7 Å². The van der Waals surface area contributed by atoms with Crippen LogP contribution in [0, 0.1) is 6.92 Å². The van der Waals surface area contributed by atoms with Gasteiger partial charge in [-0.2, -0.15) is 5.10 Å². The average molecular weight is 399 g/mol. The SMILES string of the molecule is CCNC(=NCC(C)Oc1ccc(C)cc1)N1CCN(c2cnn(C)c2)C(=O)C1. The second-order valence-corrected chi connectivity index (χ2v) is 7.28. The number of hydrogen-bond donors (Lipinski definition) is 1. The molecule has 1 aliphatic heterocycles. The van der Waals surface area contributed by atoms with E-state index in [1.165, 1.54) is 5.56 Å². The standard InChI is InChI=1S/C21H30N6O2/c1-5-22-21(23-12-17(3)29-19-8-6-16(2)7-9-19)26-10-11-27(20(28)15-26)18-13-24-25(4)14-18/h6-9,13-14,17H,5,10-12,15H2,1-4H3,(H,22,23). The number of guanidine groups is 1. The van der Waals surface area contributed by atoms with Gasteiger partial charge in [-0.25, -0.2) is 4.99 Å². The number of piperazine rings is 1. The lowest BCUT2D eigenvalue weighted by atomic mass is 10.2. The summed E-state index contributed by atoms with van der Waals surface area (Å²) < 4.78 is 7.65. The molecule has 1 atom stereocenters. The van der Waals surface area contributed by atoms with E-state index in [9.17, 15) is 4.79 Å². The molecule has 0 saturated carbocycles. The third-order valence-corrected chi connectivity index (χ3v) is 4.71. The van der Waals surface area contributed by atoms with Crippen LogP contribution in [0.1, 0.15) is 19.4 Å². The molecule has 1 aliphatic rings. The Morgan fingerprint density at radius 3 is 2.69 bits per heavy atom. The quantitative estimate of drug-likeness (QED) is 0.593. The minimum absolute atomic E-state index is 0.0406. The summed E-state index contributed by atoms with van der Waals surface area (Å²) in [6.45, 7) is 8.91. The molecular formula is C21H30N6O2. The van der Waals surface area contributed by atoms with Gasteiger partial charge in [0.1, 0.15) is 18.4 Å². The first kappa shape index (κ1) is 20.7. The maximum Gasteiger partial charge on any atom is 0.246 e. The van der Waals surface area contributed by atoms with Crippen molar-refractivity contribution in [2.24, 2.45) is 12.0 Å². The zero-order valence-electron chi connectivity index (χ0n) is 17.6. The van der Waals surface area contributed by atoms with Crippen LogP contribution >= 0.6 is 0 Å². The Morgan fingerprint density at radius 1 is 1.31 bits per heavy atom. The number of carbonyl (C=O) groups excluding carboxylic acids is 1. The van der Waals surface area contributed by atoms with Gasteiger partial charge in [-0.05, 0) is 32.9 Å². The van der Waals surface area contributed by atoms with Crippen molar-refractivity contribution in [3.63, 3.8) is 0 Å². The van der Waals surface area contributed by atoms with Crippen molar-refractivity contribution >= 4 is 17.6 Å². The number of anilines is 1. The summed E-state index contributed by atoms with van der Waals surface area (Å²) >= 11 is 0. The summed E-state index contributed by atoms with van der Waals surface area (Å²) in [4.78, 5) is 21.1. The molecule has 1 saturated heterocycles. The monoisotopic (exact) mass is 398 g/mol. The summed E-state index contributed by atoms with van der Waals surface area (Å²) in [7, 11) is 1.85. The molecule has 0 spiro atoms. The van der Waals surface area contributed by atoms with E-state index in [4.69, 9.17) is 9.73 Å². The Labute approximate surface area is 172 Å². The summed E-state index contributed by atoms with van der Waals surface area (Å²) in [5.74, 6) is 1.62. The van der Waals surface area contributed by atoms with Gasteiger partial charge in [-0.15, -0.1) is 0 Å². The van der Waals surface area contributed by atoms with Crippen molar-refractivity contribution in [3.8, 4) is 5.75 Å². The Kier molecular flexibility index (Phi) is 6.74. The molecule has 29 heavy (non-hydrogen) atoms. The Bertz CT molecular complexity index is 845. The third kappa shape index (κ3) is 5.49. The zero-order chi connectivity index (χ0) is 20.8. The summed E-state index contributed by atoms with van der Waals surface area (Å²) in [6.07, 6.45) is 3.51. The summed E-state index contributed by atoms with van der Waals surface area (Å²) in [6, 6.07) is 8.00. The second-order valence-electron chi connectivity index (χ2n) is 7.28. The van der Waals surface area contributed by atoms with Gasteiger partial charge in [0.2, 0.25) is 5.91 Å². The largest absolute Gasteiger partial charge is 0.489 e. The molecule has 2 aromatic rings. The van der Waals surface area contributed by atoms with Gasteiger partial charge in [-0.1, -0.05) is 17.7 Å². The number of rotatable bonds is 6. The molecule has 1 aromatic heterocycles. The van der Waals surface area contributed by atoms with Gasteiger partial charge in [-0.3, -0.25) is 9.48 Å². The topological polar surface area (TPSA) is 75.0 Å². The highest BCUT2D eigenvalue weighted by molar-refractivity contribution is 5.98. The molecule has 1 aromatic carbocycles. The highest BCUT2D eigenvalue weighted by Crippen LogP contribution is 2.16. The fourth-order valence-electron chi connectivity index (χ4n) is 3.20. The number of ether oxygens (including phenoxy) is 1. The zero-order valence-corrected chi connectivity index (χ0v) is 17.6. The van der Waals surface area contributed by atoms with Gasteiger partial charge in [0.25, 0.3) is 0 Å². The average Bonchev–Trinajstić information content (AvgIpc) is 3.13. The first-order valence-electron chi connectivity index (χ1n) is 10.0. The predicted molar refractivity (Wildman–Crippen MR) is 114 cm³/mol. The van der Waals surface area contributed by atoms with E-state index < -0.39 is 0 Å². The number of amides is 1. The first-order chi connectivity index (χ1) is 14.0. The molecule has 0 aliphatic carbocycles. The smallest absolute Gasteiger partial charge is 0.246 e. The minimum Gasteiger partial charge on any atom is -0.489 e. The molecule has 2 heterocycles. The van der Waals surface area contributed by atoms with E-state index in [0.29, 0.717) is 19.6 Å². The predicted octanol–water partition coefficient (Wildman–Crippen LogP) is 1.81. The van der Waals surface area contributed by atoms with Crippen molar-refractivity contribution in [1.29, 1.82) is 0 Å². The van der Waals surface area contributed by atoms with E-state index in [-0.39, 0.29) is 18.6 Å². The summed E-state index contributed by atoms with van der Waals surface area (Å²) in [5, 5.41) is 7.45. The van der Waals surface area contributed by atoms with Crippen LogP contribution in [0.2, 0.25) is 0 Å². The highest BCUT2D eigenvalue weighted by Gasteiger charge is 2.27. The second kappa shape index (κ2) is 9.45. The number of carbonyl (C=O) groups is 1. The van der Waals surface area contributed by atoms with Crippen LogP contribution in [-0.2, 0) is 11.8 Å². The van der Waals surface area contributed by atoms with Crippen LogP contribution in [0.4, 0.5) is 5.69 Å². The Balaban J connectivity index is 1.60. The van der Waals surface area contributed by atoms with E-state index in [1.54, 1.807) is 15.8 Å². The number of aryl methyl sites for hydroxylation is 2. The Hall–Kier alpha value is -3.03.